The highest BCUT2D eigenvalue weighted by Crippen LogP contribution is 2.44. The number of carboxylic acid groups (broad SMARTS) is 1. The Bertz CT molecular complexity index is 1050. The highest BCUT2D eigenvalue weighted by atomic mass is 16.5. The lowest BCUT2D eigenvalue weighted by Crippen LogP contribution is -2.35. The zero-order valence-electron chi connectivity index (χ0n) is 16.6. The van der Waals surface area contributed by atoms with E-state index in [2.05, 4.69) is 17.4 Å². The molecule has 0 fully saturated rings. The number of rotatable bonds is 6. The number of amides is 1. The number of alkyl carbamates (subject to hydrolysis) is 1. The molecule has 0 aliphatic heterocycles. The highest BCUT2D eigenvalue weighted by molar-refractivity contribution is 5.79. The number of fused-ring (bicyclic) bond motifs is 3. The lowest BCUT2D eigenvalue weighted by Gasteiger charge is -2.22. The first kappa shape index (κ1) is 19.7. The fourth-order valence-corrected chi connectivity index (χ4v) is 4.17. The summed E-state index contributed by atoms with van der Waals surface area (Å²) in [6, 6.07) is 22.8. The van der Waals surface area contributed by atoms with Gasteiger partial charge in [-0.05, 0) is 40.3 Å². The second kappa shape index (κ2) is 8.41. The first-order chi connectivity index (χ1) is 14.5. The van der Waals surface area contributed by atoms with E-state index in [-0.39, 0.29) is 18.9 Å². The van der Waals surface area contributed by atoms with Crippen LogP contribution in [-0.4, -0.2) is 18.7 Å². The van der Waals surface area contributed by atoms with Crippen LogP contribution >= 0.6 is 0 Å². The molecule has 1 amide bonds. The van der Waals surface area contributed by atoms with Gasteiger partial charge in [0.1, 0.15) is 6.61 Å². The van der Waals surface area contributed by atoms with Gasteiger partial charge in [-0.2, -0.15) is 0 Å². The minimum absolute atomic E-state index is 0.0544. The van der Waals surface area contributed by atoms with Gasteiger partial charge in [-0.1, -0.05) is 72.8 Å². The Morgan fingerprint density at radius 1 is 0.933 bits per heavy atom. The maximum absolute atomic E-state index is 12.6. The van der Waals surface area contributed by atoms with E-state index in [1.54, 1.807) is 6.07 Å². The van der Waals surface area contributed by atoms with Crippen LogP contribution in [0.4, 0.5) is 4.79 Å². The molecule has 1 atom stereocenters. The topological polar surface area (TPSA) is 78.5 Å². The molecule has 3 aromatic rings. The van der Waals surface area contributed by atoms with Crippen LogP contribution in [0.15, 0.2) is 72.8 Å². The molecule has 1 aliphatic rings. The number of aryl methyl sites for hydroxylation is 1. The number of hydrogen-bond donors (Lipinski definition) is 1. The number of carboxylic acids is 1. The van der Waals surface area contributed by atoms with Crippen molar-refractivity contribution in [3.8, 4) is 11.1 Å². The standard InChI is InChI=1S/C25H23NO4/c1-16-8-2-3-9-17(16)23(14-24(27)28)26-25(29)30-15-22-20-12-6-4-10-18(20)19-11-5-7-13-21(19)22/h2-13,22-23H,14-15H2,1H3,(H,26,29)(H,27,28)/p-1/t23-/m1/s1. The molecule has 152 valence electrons. The average Bonchev–Trinajstić information content (AvgIpc) is 3.06. The van der Waals surface area contributed by atoms with Crippen LogP contribution in [0.3, 0.4) is 0 Å². The van der Waals surface area contributed by atoms with Crippen molar-refractivity contribution < 1.29 is 19.4 Å². The molecule has 1 aliphatic carbocycles. The van der Waals surface area contributed by atoms with Gasteiger partial charge in [0.15, 0.2) is 0 Å². The lowest BCUT2D eigenvalue weighted by atomic mass is 9.98. The summed E-state index contributed by atoms with van der Waals surface area (Å²) in [6.07, 6.45) is -0.971. The van der Waals surface area contributed by atoms with Crippen LogP contribution in [0, 0.1) is 6.92 Å². The number of carbonyl (C=O) groups is 2. The van der Waals surface area contributed by atoms with E-state index in [0.717, 1.165) is 33.4 Å². The van der Waals surface area contributed by atoms with Gasteiger partial charge in [-0.25, -0.2) is 4.79 Å². The fourth-order valence-electron chi connectivity index (χ4n) is 4.17. The molecule has 0 saturated carbocycles. The Morgan fingerprint density at radius 2 is 1.50 bits per heavy atom. The zero-order chi connectivity index (χ0) is 21.1. The molecule has 1 N–H and O–H groups in total. The number of nitrogens with one attached hydrogen (secondary N) is 1. The normalized spacial score (nSPS) is 13.2. The molecule has 0 saturated heterocycles. The van der Waals surface area contributed by atoms with E-state index in [0.29, 0.717) is 0 Å². The van der Waals surface area contributed by atoms with Crippen LogP contribution in [0.2, 0.25) is 0 Å². The highest BCUT2D eigenvalue weighted by Gasteiger charge is 2.29. The number of ether oxygens (including phenoxy) is 1. The fraction of sp³-hybridized carbons (Fsp3) is 0.200. The molecule has 3 aromatic carbocycles. The van der Waals surface area contributed by atoms with Crippen molar-refractivity contribution >= 4 is 12.1 Å². The van der Waals surface area contributed by atoms with Crippen LogP contribution < -0.4 is 10.4 Å². The first-order valence-electron chi connectivity index (χ1n) is 9.91. The molecule has 30 heavy (non-hydrogen) atoms. The molecule has 0 bridgehead atoms. The SMILES string of the molecule is Cc1ccccc1[C@@H](CC(=O)[O-])NC(=O)OCC1c2ccccc2-c2ccccc21. The van der Waals surface area contributed by atoms with E-state index in [4.69, 9.17) is 4.74 Å². The van der Waals surface area contributed by atoms with Crippen LogP contribution in [0.1, 0.15) is 40.6 Å². The first-order valence-corrected chi connectivity index (χ1v) is 9.91. The van der Waals surface area contributed by atoms with E-state index < -0.39 is 18.1 Å². The van der Waals surface area contributed by atoms with Crippen LogP contribution in [-0.2, 0) is 9.53 Å². The molecule has 0 unspecified atom stereocenters. The molecule has 4 rings (SSSR count). The molecular weight excluding hydrogens is 378 g/mol. The summed E-state index contributed by atoms with van der Waals surface area (Å²) in [5.74, 6) is -1.29. The summed E-state index contributed by atoms with van der Waals surface area (Å²) in [5.41, 5.74) is 6.17. The monoisotopic (exact) mass is 400 g/mol. The maximum atomic E-state index is 12.6. The van der Waals surface area contributed by atoms with Gasteiger partial charge in [0.05, 0.1) is 6.04 Å². The second-order valence-electron chi connectivity index (χ2n) is 7.46. The average molecular weight is 400 g/mol. The Hall–Kier alpha value is -3.60. The predicted molar refractivity (Wildman–Crippen MR) is 112 cm³/mol. The third-order valence-electron chi connectivity index (χ3n) is 5.57. The van der Waals surface area contributed by atoms with Crippen molar-refractivity contribution in [1.29, 1.82) is 0 Å². The number of carbonyl (C=O) groups excluding carboxylic acids is 2. The lowest BCUT2D eigenvalue weighted by molar-refractivity contribution is -0.306. The van der Waals surface area contributed by atoms with Crippen LogP contribution in [0.5, 0.6) is 0 Å². The summed E-state index contributed by atoms with van der Waals surface area (Å²) < 4.78 is 5.55. The van der Waals surface area contributed by atoms with Crippen molar-refractivity contribution in [1.82, 2.24) is 5.32 Å². The maximum Gasteiger partial charge on any atom is 0.407 e. The Balaban J connectivity index is 1.49. The van der Waals surface area contributed by atoms with E-state index in [1.165, 1.54) is 0 Å². The summed E-state index contributed by atoms with van der Waals surface area (Å²) in [5, 5.41) is 13.9. The molecule has 0 spiro atoms. The number of benzene rings is 3. The second-order valence-corrected chi connectivity index (χ2v) is 7.46. The largest absolute Gasteiger partial charge is 0.550 e. The van der Waals surface area contributed by atoms with Crippen molar-refractivity contribution in [3.63, 3.8) is 0 Å². The Morgan fingerprint density at radius 3 is 2.10 bits per heavy atom. The minimum atomic E-state index is -1.23. The van der Waals surface area contributed by atoms with Gasteiger partial charge in [0.2, 0.25) is 0 Å². The number of hydrogen-bond acceptors (Lipinski definition) is 4. The van der Waals surface area contributed by atoms with Gasteiger partial charge in [-0.15, -0.1) is 0 Å². The van der Waals surface area contributed by atoms with Gasteiger partial charge in [-0.3, -0.25) is 0 Å². The van der Waals surface area contributed by atoms with Crippen molar-refractivity contribution in [2.45, 2.75) is 25.3 Å². The zero-order valence-corrected chi connectivity index (χ0v) is 16.6. The number of aliphatic carboxylic acids is 1. The molecular formula is C25H22NO4-. The van der Waals surface area contributed by atoms with E-state index >= 15 is 0 Å². The van der Waals surface area contributed by atoms with Crippen molar-refractivity contribution in [3.05, 3.63) is 95.1 Å². The van der Waals surface area contributed by atoms with Gasteiger partial charge in [0.25, 0.3) is 0 Å². The van der Waals surface area contributed by atoms with E-state index in [9.17, 15) is 14.7 Å². The molecule has 0 radical (unpaired) electrons. The summed E-state index contributed by atoms with van der Waals surface area (Å²) >= 11 is 0. The minimum Gasteiger partial charge on any atom is -0.550 e. The quantitative estimate of drug-likeness (QED) is 0.684. The molecule has 5 nitrogen and oxygen atoms in total. The van der Waals surface area contributed by atoms with E-state index in [1.807, 2.05) is 61.5 Å². The Labute approximate surface area is 175 Å². The smallest absolute Gasteiger partial charge is 0.407 e. The molecule has 0 heterocycles. The van der Waals surface area contributed by atoms with Crippen LogP contribution in [0.25, 0.3) is 11.1 Å². The third kappa shape index (κ3) is 3.92. The molecule has 5 heteroatoms. The molecule has 0 aromatic heterocycles. The predicted octanol–water partition coefficient (Wildman–Crippen LogP) is 3.71. The van der Waals surface area contributed by atoms with Gasteiger partial charge in [0, 0.05) is 18.3 Å². The van der Waals surface area contributed by atoms with Gasteiger partial charge >= 0.3 is 6.09 Å². The van der Waals surface area contributed by atoms with Crippen molar-refractivity contribution in [2.24, 2.45) is 0 Å². The third-order valence-corrected chi connectivity index (χ3v) is 5.57. The summed E-state index contributed by atoms with van der Waals surface area (Å²) in [7, 11) is 0. The van der Waals surface area contributed by atoms with Gasteiger partial charge < -0.3 is 20.0 Å². The summed E-state index contributed by atoms with van der Waals surface area (Å²) in [4.78, 5) is 23.8. The Kier molecular flexibility index (Phi) is 5.53. The van der Waals surface area contributed by atoms with Crippen molar-refractivity contribution in [2.75, 3.05) is 6.61 Å². The summed E-state index contributed by atoms with van der Waals surface area (Å²) in [6.45, 7) is 2.04.